The molecule has 5 nitrogen and oxygen atoms in total. The van der Waals surface area contributed by atoms with Crippen LogP contribution in [0.4, 0.5) is 0 Å². The predicted octanol–water partition coefficient (Wildman–Crippen LogP) is 3.89. The molecule has 0 atom stereocenters. The number of nitrogens with one attached hydrogen (secondary N) is 1. The second kappa shape index (κ2) is 13.5. The zero-order chi connectivity index (χ0) is 20.7. The summed E-state index contributed by atoms with van der Waals surface area (Å²) in [6.45, 7) is 0.623. The molecule has 0 aliphatic rings. The molecule has 0 spiro atoms. The average Bonchev–Trinajstić information content (AvgIpc) is 2.75. The highest BCUT2D eigenvalue weighted by Gasteiger charge is 2.08. The number of hydrogen-bond acceptors (Lipinski definition) is 4. The summed E-state index contributed by atoms with van der Waals surface area (Å²) in [5, 5.41) is 0. The van der Waals surface area contributed by atoms with E-state index in [9.17, 15) is 9.59 Å². The molecule has 0 saturated heterocycles. The fourth-order valence-corrected chi connectivity index (χ4v) is 3.10. The minimum Gasteiger partial charge on any atom is -0.341 e. The fraction of sp³-hybridized carbons (Fsp3) is 0.417. The molecule has 0 aromatic heterocycles. The molecule has 29 heavy (non-hydrogen) atoms. The zero-order valence-electron chi connectivity index (χ0n) is 17.1. The van der Waals surface area contributed by atoms with Gasteiger partial charge in [-0.25, -0.2) is 4.79 Å². The van der Waals surface area contributed by atoms with Gasteiger partial charge in [-0.05, 0) is 61.8 Å². The van der Waals surface area contributed by atoms with Crippen LogP contribution in [0.5, 0.6) is 0 Å². The molecule has 156 valence electrons. The SMILES string of the molecule is NCCCCCC(=O)ONC(=O)Cc1ccc(CCCCc2ccccc2)cc1. The first-order valence-electron chi connectivity index (χ1n) is 10.5. The number of unbranched alkanes of at least 4 members (excludes halogenated alkanes) is 3. The zero-order valence-corrected chi connectivity index (χ0v) is 17.1. The highest BCUT2D eigenvalue weighted by molar-refractivity contribution is 5.79. The Labute approximate surface area is 173 Å². The molecule has 2 aromatic carbocycles. The Hall–Kier alpha value is -2.66. The van der Waals surface area contributed by atoms with Gasteiger partial charge in [0, 0.05) is 6.42 Å². The van der Waals surface area contributed by atoms with E-state index in [2.05, 4.69) is 41.9 Å². The van der Waals surface area contributed by atoms with Gasteiger partial charge in [0.05, 0.1) is 6.42 Å². The molecule has 3 N–H and O–H groups in total. The van der Waals surface area contributed by atoms with Gasteiger partial charge in [0.25, 0.3) is 5.91 Å². The van der Waals surface area contributed by atoms with Crippen molar-refractivity contribution >= 4 is 11.9 Å². The number of amides is 1. The van der Waals surface area contributed by atoms with Gasteiger partial charge in [-0.1, -0.05) is 61.0 Å². The van der Waals surface area contributed by atoms with Crippen LogP contribution in [0.1, 0.15) is 55.2 Å². The van der Waals surface area contributed by atoms with Crippen LogP contribution >= 0.6 is 0 Å². The third-order valence-electron chi connectivity index (χ3n) is 4.78. The lowest BCUT2D eigenvalue weighted by Crippen LogP contribution is -2.28. The van der Waals surface area contributed by atoms with Crippen LogP contribution in [0.15, 0.2) is 54.6 Å². The largest absolute Gasteiger partial charge is 0.341 e. The fourth-order valence-electron chi connectivity index (χ4n) is 3.10. The molecule has 0 heterocycles. The molecule has 2 rings (SSSR count). The lowest BCUT2D eigenvalue weighted by molar-refractivity contribution is -0.158. The lowest BCUT2D eigenvalue weighted by Gasteiger charge is -2.07. The molecule has 0 radical (unpaired) electrons. The number of hydrogen-bond donors (Lipinski definition) is 2. The van der Waals surface area contributed by atoms with Crippen LogP contribution in [0.25, 0.3) is 0 Å². The molecule has 0 bridgehead atoms. The van der Waals surface area contributed by atoms with Gasteiger partial charge in [-0.2, -0.15) is 5.48 Å². The maximum atomic E-state index is 11.9. The smallest absolute Gasteiger partial charge is 0.332 e. The Bertz CT molecular complexity index is 730. The van der Waals surface area contributed by atoms with Gasteiger partial charge < -0.3 is 10.6 Å². The molecule has 2 aromatic rings. The van der Waals surface area contributed by atoms with E-state index in [0.29, 0.717) is 13.0 Å². The number of hydroxylamine groups is 1. The van der Waals surface area contributed by atoms with Gasteiger partial charge in [0.2, 0.25) is 0 Å². The van der Waals surface area contributed by atoms with Crippen LogP contribution in [0, 0.1) is 0 Å². The summed E-state index contributed by atoms with van der Waals surface area (Å²) in [5.41, 5.74) is 11.2. The summed E-state index contributed by atoms with van der Waals surface area (Å²) < 4.78 is 0. The summed E-state index contributed by atoms with van der Waals surface area (Å²) in [7, 11) is 0. The van der Waals surface area contributed by atoms with Crippen LogP contribution < -0.4 is 11.2 Å². The molecule has 0 aliphatic carbocycles. The van der Waals surface area contributed by atoms with E-state index in [1.165, 1.54) is 11.1 Å². The van der Waals surface area contributed by atoms with Crippen molar-refractivity contribution < 1.29 is 14.4 Å². The van der Waals surface area contributed by atoms with Crippen molar-refractivity contribution in [1.29, 1.82) is 0 Å². The number of benzene rings is 2. The molecular weight excluding hydrogens is 364 g/mol. The Morgan fingerprint density at radius 3 is 2.03 bits per heavy atom. The van der Waals surface area contributed by atoms with Crippen molar-refractivity contribution in [1.82, 2.24) is 5.48 Å². The van der Waals surface area contributed by atoms with Gasteiger partial charge in [-0.15, -0.1) is 0 Å². The van der Waals surface area contributed by atoms with E-state index >= 15 is 0 Å². The summed E-state index contributed by atoms with van der Waals surface area (Å²) in [4.78, 5) is 28.3. The third kappa shape index (κ3) is 9.90. The van der Waals surface area contributed by atoms with Crippen molar-refractivity contribution in [2.75, 3.05) is 6.54 Å². The normalized spacial score (nSPS) is 10.5. The number of carbonyl (C=O) groups is 2. The summed E-state index contributed by atoms with van der Waals surface area (Å²) in [6.07, 6.45) is 7.40. The second-order valence-electron chi connectivity index (χ2n) is 7.28. The molecule has 1 amide bonds. The van der Waals surface area contributed by atoms with E-state index in [4.69, 9.17) is 10.6 Å². The number of aryl methyl sites for hydroxylation is 2. The van der Waals surface area contributed by atoms with Gasteiger partial charge in [0.1, 0.15) is 0 Å². The topological polar surface area (TPSA) is 81.4 Å². The van der Waals surface area contributed by atoms with Crippen molar-refractivity contribution in [3.63, 3.8) is 0 Å². The monoisotopic (exact) mass is 396 g/mol. The molecule has 0 aliphatic heterocycles. The highest BCUT2D eigenvalue weighted by atomic mass is 16.7. The minimum atomic E-state index is -0.416. The maximum Gasteiger partial charge on any atom is 0.332 e. The van der Waals surface area contributed by atoms with Crippen LogP contribution in [-0.2, 0) is 33.7 Å². The van der Waals surface area contributed by atoms with Crippen molar-refractivity contribution in [3.05, 3.63) is 71.3 Å². The number of rotatable bonds is 12. The maximum absolute atomic E-state index is 11.9. The van der Waals surface area contributed by atoms with E-state index < -0.39 is 5.97 Å². The minimum absolute atomic E-state index is 0.189. The van der Waals surface area contributed by atoms with Gasteiger partial charge in [-0.3, -0.25) is 4.79 Å². The standard InChI is InChI=1S/C24H32N2O3/c25-18-8-2-5-13-24(28)29-26-23(27)19-22-16-14-21(15-17-22)12-7-6-11-20-9-3-1-4-10-20/h1,3-4,9-10,14-17H,2,5-8,11-13,18-19,25H2,(H,26,27). The Morgan fingerprint density at radius 1 is 0.759 bits per heavy atom. The number of nitrogens with two attached hydrogens (primary N) is 1. The Morgan fingerprint density at radius 2 is 1.38 bits per heavy atom. The molecule has 5 heteroatoms. The first kappa shape index (κ1) is 22.6. The number of carbonyl (C=O) groups excluding carboxylic acids is 2. The summed E-state index contributed by atoms with van der Waals surface area (Å²) in [5.74, 6) is -0.739. The summed E-state index contributed by atoms with van der Waals surface area (Å²) >= 11 is 0. The van der Waals surface area contributed by atoms with Crippen molar-refractivity contribution in [2.45, 2.75) is 57.8 Å². The van der Waals surface area contributed by atoms with Gasteiger partial charge >= 0.3 is 5.97 Å². The van der Waals surface area contributed by atoms with Crippen molar-refractivity contribution in [3.8, 4) is 0 Å². The Balaban J connectivity index is 1.61. The lowest BCUT2D eigenvalue weighted by atomic mass is 10.0. The molecular formula is C24H32N2O3. The van der Waals surface area contributed by atoms with Crippen LogP contribution in [0.2, 0.25) is 0 Å². The first-order valence-corrected chi connectivity index (χ1v) is 10.5. The van der Waals surface area contributed by atoms with E-state index in [1.807, 2.05) is 18.2 Å². The van der Waals surface area contributed by atoms with Crippen LogP contribution in [0.3, 0.4) is 0 Å². The molecule has 0 unspecified atom stereocenters. The third-order valence-corrected chi connectivity index (χ3v) is 4.78. The summed E-state index contributed by atoms with van der Waals surface area (Å²) in [6, 6.07) is 18.6. The average molecular weight is 397 g/mol. The van der Waals surface area contributed by atoms with Crippen LogP contribution in [-0.4, -0.2) is 18.4 Å². The molecule has 0 saturated carbocycles. The Kier molecular flexibility index (Phi) is 10.5. The second-order valence-corrected chi connectivity index (χ2v) is 7.28. The quantitative estimate of drug-likeness (QED) is 0.421. The van der Waals surface area contributed by atoms with Gasteiger partial charge in [0.15, 0.2) is 0 Å². The van der Waals surface area contributed by atoms with E-state index in [1.54, 1.807) is 0 Å². The first-order chi connectivity index (χ1) is 14.2. The van der Waals surface area contributed by atoms with Crippen molar-refractivity contribution in [2.24, 2.45) is 5.73 Å². The molecule has 0 fully saturated rings. The van der Waals surface area contributed by atoms with E-state index in [0.717, 1.165) is 50.5 Å². The van der Waals surface area contributed by atoms with E-state index in [-0.39, 0.29) is 12.3 Å². The predicted molar refractivity (Wildman–Crippen MR) is 115 cm³/mol. The highest BCUT2D eigenvalue weighted by Crippen LogP contribution is 2.11.